The summed E-state index contributed by atoms with van der Waals surface area (Å²) in [6, 6.07) is 5.98. The van der Waals surface area contributed by atoms with Crippen LogP contribution in [0.2, 0.25) is 0 Å². The van der Waals surface area contributed by atoms with Crippen LogP contribution < -0.4 is 11.5 Å². The highest BCUT2D eigenvalue weighted by atomic mass is 15.0. The molecule has 0 aliphatic heterocycles. The van der Waals surface area contributed by atoms with Gasteiger partial charge in [-0.2, -0.15) is 4.98 Å². The van der Waals surface area contributed by atoms with Crippen molar-refractivity contribution < 1.29 is 0 Å². The number of hydrogen-bond donors (Lipinski definition) is 2. The Kier molecular flexibility index (Phi) is 5.55. The van der Waals surface area contributed by atoms with E-state index in [4.69, 9.17) is 11.5 Å². The fraction of sp³-hybridized carbons (Fsp3) is 0.412. The van der Waals surface area contributed by atoms with Crippen molar-refractivity contribution in [1.82, 2.24) is 9.97 Å². The van der Waals surface area contributed by atoms with Gasteiger partial charge in [0.2, 0.25) is 5.95 Å². The Morgan fingerprint density at radius 1 is 1.05 bits per heavy atom. The molecule has 0 spiro atoms. The third kappa shape index (κ3) is 4.45. The first kappa shape index (κ1) is 15.3. The van der Waals surface area contributed by atoms with Crippen LogP contribution >= 0.6 is 0 Å². The van der Waals surface area contributed by atoms with Gasteiger partial charge in [-0.3, -0.25) is 0 Å². The lowest BCUT2D eigenvalue weighted by Gasteiger charge is -2.03. The molecular weight excluding hydrogens is 260 g/mol. The van der Waals surface area contributed by atoms with Crippen LogP contribution in [0.4, 0.5) is 11.8 Å². The van der Waals surface area contributed by atoms with Crippen LogP contribution in [0.3, 0.4) is 0 Å². The number of unbranched alkanes of at least 4 members (excludes halogenated alkanes) is 5. The number of fused-ring (bicyclic) bond motifs is 1. The van der Waals surface area contributed by atoms with Crippen molar-refractivity contribution in [2.75, 3.05) is 11.5 Å². The smallest absolute Gasteiger partial charge is 0.222 e. The fourth-order valence-electron chi connectivity index (χ4n) is 2.38. The minimum atomic E-state index is 0.218. The van der Waals surface area contributed by atoms with Gasteiger partial charge in [-0.25, -0.2) is 4.98 Å². The predicted molar refractivity (Wildman–Crippen MR) is 90.8 cm³/mol. The second kappa shape index (κ2) is 7.62. The predicted octanol–water partition coefficient (Wildman–Crippen LogP) is 4.17. The van der Waals surface area contributed by atoms with Crippen molar-refractivity contribution in [1.29, 1.82) is 0 Å². The molecule has 0 amide bonds. The number of nitrogens with two attached hydrogens (primary N) is 2. The molecule has 112 valence electrons. The van der Waals surface area contributed by atoms with E-state index in [9.17, 15) is 0 Å². The lowest BCUT2D eigenvalue weighted by atomic mass is 10.1. The molecule has 0 aliphatic carbocycles. The molecule has 1 heterocycles. The lowest BCUT2D eigenvalue weighted by molar-refractivity contribution is 0.638. The summed E-state index contributed by atoms with van der Waals surface area (Å²) < 4.78 is 0. The third-order valence-corrected chi connectivity index (χ3v) is 3.55. The number of aromatic nitrogens is 2. The van der Waals surface area contributed by atoms with Crippen molar-refractivity contribution in [3.8, 4) is 0 Å². The van der Waals surface area contributed by atoms with Crippen LogP contribution in [-0.4, -0.2) is 9.97 Å². The van der Waals surface area contributed by atoms with Crippen LogP contribution in [0.15, 0.2) is 24.3 Å². The van der Waals surface area contributed by atoms with E-state index in [0.717, 1.165) is 22.9 Å². The zero-order chi connectivity index (χ0) is 15.1. The highest BCUT2D eigenvalue weighted by Crippen LogP contribution is 2.21. The Bertz CT molecular complexity index is 619. The highest BCUT2D eigenvalue weighted by molar-refractivity contribution is 5.90. The average molecular weight is 284 g/mol. The van der Waals surface area contributed by atoms with E-state index >= 15 is 0 Å². The first-order chi connectivity index (χ1) is 10.2. The van der Waals surface area contributed by atoms with E-state index in [-0.39, 0.29) is 5.95 Å². The van der Waals surface area contributed by atoms with Gasteiger partial charge in [-0.1, -0.05) is 50.8 Å². The summed E-state index contributed by atoms with van der Waals surface area (Å²) in [6.07, 6.45) is 12.0. The van der Waals surface area contributed by atoms with Gasteiger partial charge < -0.3 is 11.5 Å². The Morgan fingerprint density at radius 2 is 1.86 bits per heavy atom. The van der Waals surface area contributed by atoms with Gasteiger partial charge in [-0.15, -0.1) is 0 Å². The first-order valence-corrected chi connectivity index (χ1v) is 7.70. The molecule has 0 aliphatic rings. The molecule has 1 aromatic carbocycles. The zero-order valence-corrected chi connectivity index (χ0v) is 12.7. The molecule has 0 bridgehead atoms. The summed E-state index contributed by atoms with van der Waals surface area (Å²) in [7, 11) is 0. The number of anilines is 2. The summed E-state index contributed by atoms with van der Waals surface area (Å²) in [5, 5.41) is 0.856. The highest BCUT2D eigenvalue weighted by Gasteiger charge is 2.03. The van der Waals surface area contributed by atoms with Crippen molar-refractivity contribution in [2.24, 2.45) is 0 Å². The van der Waals surface area contributed by atoms with E-state index in [1.807, 2.05) is 18.2 Å². The number of nitrogens with zero attached hydrogens (tertiary/aromatic N) is 2. The van der Waals surface area contributed by atoms with Crippen LogP contribution in [0, 0.1) is 0 Å². The van der Waals surface area contributed by atoms with E-state index in [1.165, 1.54) is 32.1 Å². The summed E-state index contributed by atoms with van der Waals surface area (Å²) in [5.74, 6) is 0.655. The molecule has 2 rings (SSSR count). The van der Waals surface area contributed by atoms with Gasteiger partial charge in [0.1, 0.15) is 5.82 Å². The molecule has 0 fully saturated rings. The minimum Gasteiger partial charge on any atom is -0.383 e. The number of nitrogen functional groups attached to an aromatic ring is 2. The Balaban J connectivity index is 1.96. The molecule has 4 nitrogen and oxygen atoms in total. The Morgan fingerprint density at radius 3 is 2.67 bits per heavy atom. The maximum Gasteiger partial charge on any atom is 0.222 e. The molecule has 2 aromatic rings. The monoisotopic (exact) mass is 284 g/mol. The molecule has 0 atom stereocenters. The third-order valence-electron chi connectivity index (χ3n) is 3.55. The van der Waals surface area contributed by atoms with E-state index in [0.29, 0.717) is 5.82 Å². The Hall–Kier alpha value is -2.10. The second-order valence-electron chi connectivity index (χ2n) is 5.35. The Labute approximate surface area is 126 Å². The summed E-state index contributed by atoms with van der Waals surface area (Å²) in [4.78, 5) is 8.18. The quantitative estimate of drug-likeness (QED) is 0.748. The molecule has 1 aromatic heterocycles. The molecule has 0 saturated carbocycles. The molecule has 0 saturated heterocycles. The van der Waals surface area contributed by atoms with Crippen molar-refractivity contribution in [2.45, 2.75) is 45.4 Å². The van der Waals surface area contributed by atoms with Gasteiger partial charge >= 0.3 is 0 Å². The number of allylic oxidation sites excluding steroid dienone is 1. The zero-order valence-electron chi connectivity index (χ0n) is 12.7. The topological polar surface area (TPSA) is 77.8 Å². The average Bonchev–Trinajstić information content (AvgIpc) is 2.46. The van der Waals surface area contributed by atoms with E-state index < -0.39 is 0 Å². The molecule has 4 N–H and O–H groups in total. The van der Waals surface area contributed by atoms with Gasteiger partial charge in [-0.05, 0) is 30.5 Å². The summed E-state index contributed by atoms with van der Waals surface area (Å²) in [5.41, 5.74) is 13.4. The molecule has 0 unspecified atom stereocenters. The minimum absolute atomic E-state index is 0.218. The first-order valence-electron chi connectivity index (χ1n) is 7.70. The summed E-state index contributed by atoms with van der Waals surface area (Å²) >= 11 is 0. The second-order valence-corrected chi connectivity index (χ2v) is 5.35. The van der Waals surface area contributed by atoms with Crippen LogP contribution in [0.25, 0.3) is 17.0 Å². The SMILES string of the molecule is CCCCCCC/C=C/c1ccc2nc(N)nc(N)c2c1. The normalized spacial score (nSPS) is 11.5. The van der Waals surface area contributed by atoms with Crippen LogP contribution in [-0.2, 0) is 0 Å². The van der Waals surface area contributed by atoms with Gasteiger partial charge in [0.25, 0.3) is 0 Å². The van der Waals surface area contributed by atoms with Gasteiger partial charge in [0, 0.05) is 5.39 Å². The van der Waals surface area contributed by atoms with Crippen LogP contribution in [0.5, 0.6) is 0 Å². The summed E-state index contributed by atoms with van der Waals surface area (Å²) in [6.45, 7) is 2.24. The fourth-order valence-corrected chi connectivity index (χ4v) is 2.38. The van der Waals surface area contributed by atoms with E-state index in [2.05, 4.69) is 29.0 Å². The number of hydrogen-bond acceptors (Lipinski definition) is 4. The number of rotatable bonds is 7. The standard InChI is InChI=1S/C17H24N4/c1-2-3-4-5-6-7-8-9-13-10-11-15-14(12-13)16(18)21-17(19)20-15/h8-12H,2-7H2,1H3,(H4,18,19,20,21)/b9-8+. The molecular formula is C17H24N4. The molecule has 21 heavy (non-hydrogen) atoms. The van der Waals surface area contributed by atoms with Crippen molar-refractivity contribution >= 4 is 28.7 Å². The molecule has 0 radical (unpaired) electrons. The maximum absolute atomic E-state index is 5.89. The number of benzene rings is 1. The largest absolute Gasteiger partial charge is 0.383 e. The van der Waals surface area contributed by atoms with E-state index in [1.54, 1.807) is 0 Å². The van der Waals surface area contributed by atoms with Gasteiger partial charge in [0.05, 0.1) is 5.52 Å². The van der Waals surface area contributed by atoms with Crippen molar-refractivity contribution in [3.63, 3.8) is 0 Å². The van der Waals surface area contributed by atoms with Crippen LogP contribution in [0.1, 0.15) is 51.0 Å². The van der Waals surface area contributed by atoms with Gasteiger partial charge in [0.15, 0.2) is 0 Å². The lowest BCUT2D eigenvalue weighted by Crippen LogP contribution is -2.00. The van der Waals surface area contributed by atoms with Crippen molar-refractivity contribution in [3.05, 3.63) is 29.8 Å². The molecule has 4 heteroatoms. The maximum atomic E-state index is 5.89.